The summed E-state index contributed by atoms with van der Waals surface area (Å²) in [6.07, 6.45) is 7.24. The smallest absolute Gasteiger partial charge is 0.110 e. The van der Waals surface area contributed by atoms with Gasteiger partial charge in [0.1, 0.15) is 6.10 Å². The summed E-state index contributed by atoms with van der Waals surface area (Å²) in [5.41, 5.74) is 0.166. The number of aliphatic hydroxyl groups is 1. The fourth-order valence-electron chi connectivity index (χ4n) is 1.70. The van der Waals surface area contributed by atoms with Gasteiger partial charge >= 0.3 is 0 Å². The molecule has 3 heteroatoms. The van der Waals surface area contributed by atoms with Crippen molar-refractivity contribution in [1.29, 1.82) is 0 Å². The number of allylic oxidation sites excluding steroid dienone is 1. The van der Waals surface area contributed by atoms with Crippen molar-refractivity contribution in [3.8, 4) is 0 Å². The van der Waals surface area contributed by atoms with Crippen LogP contribution in [0.5, 0.6) is 0 Å². The molecule has 0 aromatic carbocycles. The molecule has 1 aliphatic rings. The fourth-order valence-corrected chi connectivity index (χ4v) is 1.70. The Hall–Kier alpha value is -0.540. The van der Waals surface area contributed by atoms with E-state index >= 15 is 0 Å². The molecule has 1 rings (SSSR count). The van der Waals surface area contributed by atoms with Crippen LogP contribution in [0.25, 0.3) is 0 Å². The Morgan fingerprint density at radius 1 is 1.53 bits per heavy atom. The summed E-state index contributed by atoms with van der Waals surface area (Å²) in [7, 11) is 0. The van der Waals surface area contributed by atoms with Crippen molar-refractivity contribution in [2.45, 2.75) is 39.2 Å². The molecule has 0 bridgehead atoms. The van der Waals surface area contributed by atoms with E-state index in [4.69, 9.17) is 9.84 Å². The monoisotopic (exact) mass is 213 g/mol. The van der Waals surface area contributed by atoms with Crippen LogP contribution in [-0.4, -0.2) is 30.9 Å². The lowest BCUT2D eigenvalue weighted by Gasteiger charge is -2.26. The van der Waals surface area contributed by atoms with E-state index in [1.807, 2.05) is 0 Å². The first-order valence-electron chi connectivity index (χ1n) is 5.76. The highest BCUT2D eigenvalue weighted by Crippen LogP contribution is 2.18. The molecule has 3 nitrogen and oxygen atoms in total. The standard InChI is InChI=1S/C12H23NO2/c1-12(2,6-7-14)10-13-9-11-5-3-4-8-15-11/h4,8,11,13-14H,3,5-7,9-10H2,1-2H3. The zero-order valence-corrected chi connectivity index (χ0v) is 9.83. The second-order valence-corrected chi connectivity index (χ2v) is 4.98. The first-order valence-corrected chi connectivity index (χ1v) is 5.76. The molecule has 0 aliphatic carbocycles. The minimum atomic E-state index is 0.166. The zero-order valence-electron chi connectivity index (χ0n) is 9.83. The third kappa shape index (κ3) is 5.19. The maximum atomic E-state index is 8.89. The van der Waals surface area contributed by atoms with Gasteiger partial charge in [0.15, 0.2) is 0 Å². The molecule has 1 heterocycles. The van der Waals surface area contributed by atoms with Gasteiger partial charge < -0.3 is 15.2 Å². The Morgan fingerprint density at radius 2 is 2.33 bits per heavy atom. The summed E-state index contributed by atoms with van der Waals surface area (Å²) in [6.45, 7) is 6.42. The van der Waals surface area contributed by atoms with Gasteiger partial charge in [0.05, 0.1) is 6.26 Å². The van der Waals surface area contributed by atoms with Crippen molar-refractivity contribution < 1.29 is 9.84 Å². The molecule has 88 valence electrons. The van der Waals surface area contributed by atoms with Crippen LogP contribution in [0.15, 0.2) is 12.3 Å². The van der Waals surface area contributed by atoms with Crippen molar-refractivity contribution in [3.63, 3.8) is 0 Å². The highest BCUT2D eigenvalue weighted by atomic mass is 16.5. The Kier molecular flexibility index (Phi) is 5.12. The molecule has 0 saturated carbocycles. The Bertz CT molecular complexity index is 202. The van der Waals surface area contributed by atoms with Gasteiger partial charge in [0.25, 0.3) is 0 Å². The van der Waals surface area contributed by atoms with Crippen LogP contribution in [-0.2, 0) is 4.74 Å². The number of rotatable bonds is 6. The van der Waals surface area contributed by atoms with Gasteiger partial charge in [-0.1, -0.05) is 13.8 Å². The molecule has 0 amide bonds. The van der Waals surface area contributed by atoms with Crippen LogP contribution in [0.1, 0.15) is 33.1 Å². The molecule has 1 unspecified atom stereocenters. The predicted octanol–water partition coefficient (Wildman–Crippen LogP) is 1.68. The summed E-state index contributed by atoms with van der Waals surface area (Å²) in [5.74, 6) is 0. The van der Waals surface area contributed by atoms with Crippen molar-refractivity contribution in [2.24, 2.45) is 5.41 Å². The van der Waals surface area contributed by atoms with E-state index in [9.17, 15) is 0 Å². The van der Waals surface area contributed by atoms with Crippen molar-refractivity contribution in [3.05, 3.63) is 12.3 Å². The van der Waals surface area contributed by atoms with Crippen molar-refractivity contribution in [2.75, 3.05) is 19.7 Å². The van der Waals surface area contributed by atoms with Gasteiger partial charge in [-0.25, -0.2) is 0 Å². The van der Waals surface area contributed by atoms with E-state index in [0.29, 0.717) is 6.10 Å². The normalized spacial score (nSPS) is 21.4. The van der Waals surface area contributed by atoms with Crippen LogP contribution >= 0.6 is 0 Å². The van der Waals surface area contributed by atoms with E-state index in [1.165, 1.54) is 0 Å². The minimum Gasteiger partial charge on any atom is -0.497 e. The molecule has 0 saturated heterocycles. The van der Waals surface area contributed by atoms with E-state index in [2.05, 4.69) is 25.2 Å². The molecular formula is C12H23NO2. The molecule has 0 fully saturated rings. The summed E-state index contributed by atoms with van der Waals surface area (Å²) in [6, 6.07) is 0. The van der Waals surface area contributed by atoms with Crippen molar-refractivity contribution in [1.82, 2.24) is 5.32 Å². The average molecular weight is 213 g/mol. The molecule has 2 N–H and O–H groups in total. The van der Waals surface area contributed by atoms with Crippen LogP contribution in [0, 0.1) is 5.41 Å². The molecule has 15 heavy (non-hydrogen) atoms. The van der Waals surface area contributed by atoms with Crippen LogP contribution < -0.4 is 5.32 Å². The van der Waals surface area contributed by atoms with Gasteiger partial charge in [-0.3, -0.25) is 0 Å². The highest BCUT2D eigenvalue weighted by Gasteiger charge is 2.18. The van der Waals surface area contributed by atoms with Gasteiger partial charge in [-0.2, -0.15) is 0 Å². The molecule has 0 aromatic rings. The number of nitrogens with one attached hydrogen (secondary N) is 1. The Balaban J connectivity index is 2.12. The van der Waals surface area contributed by atoms with Gasteiger partial charge in [-0.05, 0) is 30.8 Å². The Labute approximate surface area is 92.5 Å². The fraction of sp³-hybridized carbons (Fsp3) is 0.833. The maximum absolute atomic E-state index is 8.89. The van der Waals surface area contributed by atoms with Crippen molar-refractivity contribution >= 4 is 0 Å². The SMILES string of the molecule is CC(C)(CCO)CNCC1CCC=CO1. The third-order valence-corrected chi connectivity index (χ3v) is 2.79. The van der Waals surface area contributed by atoms with E-state index in [-0.39, 0.29) is 12.0 Å². The van der Waals surface area contributed by atoms with Crippen LogP contribution in [0.3, 0.4) is 0 Å². The summed E-state index contributed by atoms with van der Waals surface area (Å²) < 4.78 is 5.46. The largest absolute Gasteiger partial charge is 0.497 e. The number of ether oxygens (including phenoxy) is 1. The molecule has 0 radical (unpaired) electrons. The van der Waals surface area contributed by atoms with Gasteiger partial charge in [0.2, 0.25) is 0 Å². The molecule has 0 spiro atoms. The Morgan fingerprint density at radius 3 is 2.93 bits per heavy atom. The van der Waals surface area contributed by atoms with Crippen LogP contribution in [0.2, 0.25) is 0 Å². The zero-order chi connectivity index (χ0) is 11.1. The average Bonchev–Trinajstić information content (AvgIpc) is 2.19. The third-order valence-electron chi connectivity index (χ3n) is 2.79. The highest BCUT2D eigenvalue weighted by molar-refractivity contribution is 4.83. The molecular weight excluding hydrogens is 190 g/mol. The summed E-state index contributed by atoms with van der Waals surface area (Å²) in [5, 5.41) is 12.3. The quantitative estimate of drug-likeness (QED) is 0.705. The first kappa shape index (κ1) is 12.5. The van der Waals surface area contributed by atoms with E-state index < -0.39 is 0 Å². The molecule has 1 aliphatic heterocycles. The number of hydrogen-bond donors (Lipinski definition) is 2. The van der Waals surface area contributed by atoms with Gasteiger partial charge in [0, 0.05) is 19.7 Å². The predicted molar refractivity (Wildman–Crippen MR) is 61.6 cm³/mol. The van der Waals surface area contributed by atoms with Gasteiger partial charge in [-0.15, -0.1) is 0 Å². The van der Waals surface area contributed by atoms with E-state index in [1.54, 1.807) is 6.26 Å². The minimum absolute atomic E-state index is 0.166. The lowest BCUT2D eigenvalue weighted by atomic mass is 9.90. The second-order valence-electron chi connectivity index (χ2n) is 4.98. The number of aliphatic hydroxyl groups excluding tert-OH is 1. The topological polar surface area (TPSA) is 41.5 Å². The van der Waals surface area contributed by atoms with E-state index in [0.717, 1.165) is 32.4 Å². The second kappa shape index (κ2) is 6.13. The summed E-state index contributed by atoms with van der Waals surface area (Å²) >= 11 is 0. The maximum Gasteiger partial charge on any atom is 0.110 e. The lowest BCUT2D eigenvalue weighted by Crippen LogP contribution is -2.36. The molecule has 0 aromatic heterocycles. The van der Waals surface area contributed by atoms with Crippen LogP contribution in [0.4, 0.5) is 0 Å². The lowest BCUT2D eigenvalue weighted by molar-refractivity contribution is 0.117. The number of hydrogen-bond acceptors (Lipinski definition) is 3. The first-order chi connectivity index (χ1) is 7.14. The summed E-state index contributed by atoms with van der Waals surface area (Å²) in [4.78, 5) is 0. The molecule has 1 atom stereocenters.